The molecule has 0 aromatic rings. The Morgan fingerprint density at radius 1 is 1.18 bits per heavy atom. The van der Waals surface area contributed by atoms with Gasteiger partial charge >= 0.3 is 5.97 Å². The minimum absolute atomic E-state index is 0.171. The maximum Gasteiger partial charge on any atom is 0.307 e. The summed E-state index contributed by atoms with van der Waals surface area (Å²) in [6.07, 6.45) is 1.70. The van der Waals surface area contributed by atoms with Crippen molar-refractivity contribution in [3.05, 3.63) is 0 Å². The number of carboxylic acids is 1. The molecule has 0 aromatic heterocycles. The lowest BCUT2D eigenvalue weighted by molar-refractivity contribution is -0.148. The van der Waals surface area contributed by atoms with Crippen LogP contribution in [-0.4, -0.2) is 35.0 Å². The van der Waals surface area contributed by atoms with Crippen molar-refractivity contribution in [2.24, 2.45) is 11.8 Å². The first kappa shape index (κ1) is 13.0. The van der Waals surface area contributed by atoms with Gasteiger partial charge < -0.3 is 10.0 Å². The molecule has 90 valence electrons. The maximum absolute atomic E-state index is 12.0. The van der Waals surface area contributed by atoms with Crippen molar-refractivity contribution in [1.29, 1.82) is 10.5 Å². The van der Waals surface area contributed by atoms with E-state index < -0.39 is 23.7 Å². The van der Waals surface area contributed by atoms with E-state index in [0.29, 0.717) is 19.3 Å². The van der Waals surface area contributed by atoms with Crippen LogP contribution in [0.2, 0.25) is 0 Å². The second kappa shape index (κ2) is 5.86. The minimum atomic E-state index is -0.977. The summed E-state index contributed by atoms with van der Waals surface area (Å²) in [6, 6.07) is 3.62. The second-order valence-corrected chi connectivity index (χ2v) is 3.99. The molecule has 0 radical (unpaired) electrons. The Labute approximate surface area is 99.0 Å². The Morgan fingerprint density at radius 3 is 2.18 bits per heavy atom. The molecule has 1 fully saturated rings. The van der Waals surface area contributed by atoms with Crippen LogP contribution in [0.5, 0.6) is 0 Å². The number of carbonyl (C=O) groups is 2. The largest absolute Gasteiger partial charge is 0.481 e. The van der Waals surface area contributed by atoms with Gasteiger partial charge in [0, 0.05) is 0 Å². The van der Waals surface area contributed by atoms with Crippen molar-refractivity contribution in [2.45, 2.75) is 19.3 Å². The van der Waals surface area contributed by atoms with E-state index in [1.54, 1.807) is 0 Å². The maximum atomic E-state index is 12.0. The monoisotopic (exact) mass is 235 g/mol. The molecule has 0 aromatic carbocycles. The van der Waals surface area contributed by atoms with Crippen LogP contribution in [0.3, 0.4) is 0 Å². The van der Waals surface area contributed by atoms with E-state index in [0.717, 1.165) is 4.90 Å². The molecule has 17 heavy (non-hydrogen) atoms. The fourth-order valence-corrected chi connectivity index (χ4v) is 2.17. The standard InChI is InChI=1S/C11H13N3O3/c12-4-6-14(7-5-13)10(15)8-2-1-3-9(8)11(16)17/h8-9H,1-3,6-7H2,(H,16,17)/t8-,9+/m1/s1. The first-order chi connectivity index (χ1) is 8.11. The van der Waals surface area contributed by atoms with E-state index >= 15 is 0 Å². The molecular formula is C11H13N3O3. The van der Waals surface area contributed by atoms with Crippen LogP contribution in [0.25, 0.3) is 0 Å². The number of amides is 1. The van der Waals surface area contributed by atoms with E-state index in [1.165, 1.54) is 0 Å². The van der Waals surface area contributed by atoms with Crippen LogP contribution in [0.15, 0.2) is 0 Å². The van der Waals surface area contributed by atoms with Crippen LogP contribution in [0, 0.1) is 34.5 Å². The summed E-state index contributed by atoms with van der Waals surface area (Å²) in [5.41, 5.74) is 0. The Bertz CT molecular complexity index is 378. The highest BCUT2D eigenvalue weighted by molar-refractivity contribution is 5.85. The zero-order valence-electron chi connectivity index (χ0n) is 9.30. The molecule has 1 rings (SSSR count). The van der Waals surface area contributed by atoms with Gasteiger partial charge in [-0.15, -0.1) is 0 Å². The van der Waals surface area contributed by atoms with Crippen LogP contribution in [0.1, 0.15) is 19.3 Å². The average Bonchev–Trinajstić information content (AvgIpc) is 2.76. The highest BCUT2D eigenvalue weighted by Gasteiger charge is 2.39. The molecule has 1 aliphatic rings. The molecule has 0 bridgehead atoms. The van der Waals surface area contributed by atoms with Gasteiger partial charge in [0.25, 0.3) is 0 Å². The second-order valence-electron chi connectivity index (χ2n) is 3.99. The molecular weight excluding hydrogens is 222 g/mol. The van der Waals surface area contributed by atoms with Crippen LogP contribution < -0.4 is 0 Å². The summed E-state index contributed by atoms with van der Waals surface area (Å²) in [6.45, 7) is -0.343. The van der Waals surface area contributed by atoms with Gasteiger partial charge in [0.2, 0.25) is 5.91 Å². The van der Waals surface area contributed by atoms with Gasteiger partial charge in [0.05, 0.1) is 24.0 Å². The van der Waals surface area contributed by atoms with Gasteiger partial charge in [-0.05, 0) is 12.8 Å². The molecule has 0 aliphatic heterocycles. The molecule has 2 atom stereocenters. The summed E-state index contributed by atoms with van der Waals surface area (Å²) in [5, 5.41) is 26.1. The Morgan fingerprint density at radius 2 is 1.71 bits per heavy atom. The minimum Gasteiger partial charge on any atom is -0.481 e. The number of hydrogen-bond acceptors (Lipinski definition) is 4. The first-order valence-electron chi connectivity index (χ1n) is 5.37. The van der Waals surface area contributed by atoms with Gasteiger partial charge in [-0.25, -0.2) is 0 Å². The van der Waals surface area contributed by atoms with Gasteiger partial charge in [0.1, 0.15) is 13.1 Å². The average molecular weight is 235 g/mol. The van der Waals surface area contributed by atoms with Crippen molar-refractivity contribution in [3.63, 3.8) is 0 Å². The van der Waals surface area contributed by atoms with Crippen molar-refractivity contribution in [1.82, 2.24) is 4.90 Å². The SMILES string of the molecule is N#CCN(CC#N)C(=O)[C@@H]1CCC[C@@H]1C(=O)O. The summed E-state index contributed by atoms with van der Waals surface area (Å²) < 4.78 is 0. The van der Waals surface area contributed by atoms with Gasteiger partial charge in [-0.2, -0.15) is 10.5 Å². The number of nitrogens with zero attached hydrogens (tertiary/aromatic N) is 3. The van der Waals surface area contributed by atoms with E-state index in [-0.39, 0.29) is 13.1 Å². The smallest absolute Gasteiger partial charge is 0.307 e. The van der Waals surface area contributed by atoms with Gasteiger partial charge in [0.15, 0.2) is 0 Å². The zero-order chi connectivity index (χ0) is 12.8. The summed E-state index contributed by atoms with van der Waals surface area (Å²) in [5.74, 6) is -2.63. The number of carboxylic acid groups (broad SMARTS) is 1. The lowest BCUT2D eigenvalue weighted by atomic mass is 9.95. The zero-order valence-corrected chi connectivity index (χ0v) is 9.30. The molecule has 0 spiro atoms. The summed E-state index contributed by atoms with van der Waals surface area (Å²) in [4.78, 5) is 24.1. The lowest BCUT2D eigenvalue weighted by Gasteiger charge is -2.22. The molecule has 1 amide bonds. The Hall–Kier alpha value is -2.08. The topological polar surface area (TPSA) is 105 Å². The molecule has 0 unspecified atom stereocenters. The third kappa shape index (κ3) is 2.94. The highest BCUT2D eigenvalue weighted by atomic mass is 16.4. The van der Waals surface area contributed by atoms with Crippen LogP contribution >= 0.6 is 0 Å². The number of aliphatic carboxylic acids is 1. The van der Waals surface area contributed by atoms with Crippen molar-refractivity contribution >= 4 is 11.9 Å². The predicted molar refractivity (Wildman–Crippen MR) is 56.3 cm³/mol. The van der Waals surface area contributed by atoms with Gasteiger partial charge in [-0.3, -0.25) is 9.59 Å². The molecule has 6 heteroatoms. The molecule has 1 aliphatic carbocycles. The van der Waals surface area contributed by atoms with Crippen LogP contribution in [0.4, 0.5) is 0 Å². The normalized spacial score (nSPS) is 22.5. The number of hydrogen-bond donors (Lipinski definition) is 1. The third-order valence-electron chi connectivity index (χ3n) is 2.99. The van der Waals surface area contributed by atoms with E-state index in [2.05, 4.69) is 0 Å². The van der Waals surface area contributed by atoms with Crippen molar-refractivity contribution < 1.29 is 14.7 Å². The van der Waals surface area contributed by atoms with E-state index in [9.17, 15) is 9.59 Å². The molecule has 0 heterocycles. The van der Waals surface area contributed by atoms with Crippen molar-refractivity contribution in [3.8, 4) is 12.1 Å². The molecule has 1 saturated carbocycles. The molecule has 0 saturated heterocycles. The van der Waals surface area contributed by atoms with Crippen LogP contribution in [-0.2, 0) is 9.59 Å². The fourth-order valence-electron chi connectivity index (χ4n) is 2.17. The number of nitriles is 2. The number of rotatable bonds is 4. The van der Waals surface area contributed by atoms with Crippen molar-refractivity contribution in [2.75, 3.05) is 13.1 Å². The summed E-state index contributed by atoms with van der Waals surface area (Å²) in [7, 11) is 0. The Balaban J connectivity index is 2.77. The quantitative estimate of drug-likeness (QED) is 0.708. The van der Waals surface area contributed by atoms with E-state index in [1.807, 2.05) is 12.1 Å². The fraction of sp³-hybridized carbons (Fsp3) is 0.636. The molecule has 6 nitrogen and oxygen atoms in total. The lowest BCUT2D eigenvalue weighted by Crippen LogP contribution is -2.39. The third-order valence-corrected chi connectivity index (χ3v) is 2.99. The first-order valence-corrected chi connectivity index (χ1v) is 5.37. The number of carbonyl (C=O) groups excluding carboxylic acids is 1. The highest BCUT2D eigenvalue weighted by Crippen LogP contribution is 2.33. The molecule has 1 N–H and O–H groups in total. The Kier molecular flexibility index (Phi) is 4.47. The predicted octanol–water partition coefficient (Wildman–Crippen LogP) is 0.363. The van der Waals surface area contributed by atoms with E-state index in [4.69, 9.17) is 15.6 Å². The van der Waals surface area contributed by atoms with Gasteiger partial charge in [-0.1, -0.05) is 6.42 Å². The summed E-state index contributed by atoms with van der Waals surface area (Å²) >= 11 is 0.